The molecule has 0 aliphatic carbocycles. The van der Waals surface area contributed by atoms with Gasteiger partial charge >= 0.3 is 0 Å². The minimum Gasteiger partial charge on any atom is -0.453 e. The first-order chi connectivity index (χ1) is 7.63. The quantitative estimate of drug-likeness (QED) is 0.597. The van der Waals surface area contributed by atoms with E-state index in [2.05, 4.69) is 0 Å². The Morgan fingerprint density at radius 3 is 2.50 bits per heavy atom. The van der Waals surface area contributed by atoms with Crippen molar-refractivity contribution in [2.45, 2.75) is 0 Å². The summed E-state index contributed by atoms with van der Waals surface area (Å²) < 4.78 is 18.2. The Balaban J connectivity index is 2.56. The second-order valence-electron chi connectivity index (χ2n) is 3.04. The van der Waals surface area contributed by atoms with Crippen molar-refractivity contribution < 1.29 is 13.6 Å². The molecule has 0 radical (unpaired) electrons. The van der Waals surface area contributed by atoms with Gasteiger partial charge in [0.25, 0.3) is 0 Å². The molecule has 0 fully saturated rings. The molecule has 0 saturated carbocycles. The van der Waals surface area contributed by atoms with Crippen molar-refractivity contribution in [2.24, 2.45) is 0 Å². The van der Waals surface area contributed by atoms with Crippen molar-refractivity contribution in [1.29, 1.82) is 0 Å². The molecule has 5 heteroatoms. The molecule has 82 valence electrons. The van der Waals surface area contributed by atoms with Gasteiger partial charge in [-0.2, -0.15) is 0 Å². The fraction of sp³-hybridized carbons (Fsp3) is 0. The Kier molecular flexibility index (Phi) is 2.99. The summed E-state index contributed by atoms with van der Waals surface area (Å²) >= 11 is 11.5. The van der Waals surface area contributed by atoms with E-state index in [4.69, 9.17) is 27.6 Å². The molecule has 0 N–H and O–H groups in total. The minimum absolute atomic E-state index is 0.0634. The first-order valence-electron chi connectivity index (χ1n) is 4.32. The van der Waals surface area contributed by atoms with Gasteiger partial charge in [-0.25, -0.2) is 4.39 Å². The van der Waals surface area contributed by atoms with Gasteiger partial charge in [-0.05, 0) is 24.3 Å². The molecule has 0 aliphatic heterocycles. The molecule has 2 nitrogen and oxygen atoms in total. The van der Waals surface area contributed by atoms with Gasteiger partial charge in [0.2, 0.25) is 0 Å². The van der Waals surface area contributed by atoms with Crippen molar-refractivity contribution in [2.75, 3.05) is 0 Å². The molecule has 0 saturated heterocycles. The normalized spacial score (nSPS) is 10.4. The Labute approximate surface area is 101 Å². The van der Waals surface area contributed by atoms with Crippen LogP contribution in [0.4, 0.5) is 4.39 Å². The predicted molar refractivity (Wildman–Crippen MR) is 59.5 cm³/mol. The highest BCUT2D eigenvalue weighted by molar-refractivity contribution is 6.43. The summed E-state index contributed by atoms with van der Waals surface area (Å²) in [5.41, 5.74) is 0.446. The lowest BCUT2D eigenvalue weighted by molar-refractivity contribution is 0.110. The van der Waals surface area contributed by atoms with Crippen molar-refractivity contribution in [3.05, 3.63) is 45.9 Å². The molecule has 0 aliphatic rings. The average Bonchev–Trinajstić information content (AvgIpc) is 2.74. The van der Waals surface area contributed by atoms with Gasteiger partial charge < -0.3 is 4.42 Å². The summed E-state index contributed by atoms with van der Waals surface area (Å²) in [5.74, 6) is -0.0573. The molecule has 1 aromatic heterocycles. The summed E-state index contributed by atoms with van der Waals surface area (Å²) in [5, 5.41) is -0.100. The maximum Gasteiger partial charge on any atom is 0.185 e. The lowest BCUT2D eigenvalue weighted by Crippen LogP contribution is -1.82. The fourth-order valence-corrected chi connectivity index (χ4v) is 1.69. The van der Waals surface area contributed by atoms with Crippen LogP contribution >= 0.6 is 23.2 Å². The van der Waals surface area contributed by atoms with Crippen LogP contribution in [0.2, 0.25) is 10.0 Å². The van der Waals surface area contributed by atoms with Crippen LogP contribution in [0.1, 0.15) is 10.6 Å². The molecule has 0 amide bonds. The highest BCUT2D eigenvalue weighted by Gasteiger charge is 2.14. The van der Waals surface area contributed by atoms with Crippen molar-refractivity contribution in [3.8, 4) is 11.3 Å². The molecule has 0 atom stereocenters. The molecule has 1 aromatic carbocycles. The van der Waals surface area contributed by atoms with E-state index in [1.807, 2.05) is 0 Å². The number of aldehydes is 1. The van der Waals surface area contributed by atoms with Gasteiger partial charge in [-0.3, -0.25) is 4.79 Å². The number of hydrogen-bond acceptors (Lipinski definition) is 2. The van der Waals surface area contributed by atoms with E-state index in [1.54, 1.807) is 6.07 Å². The zero-order valence-electron chi connectivity index (χ0n) is 7.84. The summed E-state index contributed by atoms with van der Waals surface area (Å²) in [6.07, 6.45) is 0.572. The average molecular weight is 259 g/mol. The van der Waals surface area contributed by atoms with E-state index in [1.165, 1.54) is 18.2 Å². The molecule has 16 heavy (non-hydrogen) atoms. The number of benzene rings is 1. The van der Waals surface area contributed by atoms with Crippen LogP contribution in [0.3, 0.4) is 0 Å². The van der Waals surface area contributed by atoms with Crippen LogP contribution < -0.4 is 0 Å². The van der Waals surface area contributed by atoms with Crippen LogP contribution in [0.15, 0.2) is 28.7 Å². The lowest BCUT2D eigenvalue weighted by atomic mass is 10.2. The van der Waals surface area contributed by atoms with Crippen molar-refractivity contribution >= 4 is 29.5 Å². The fourth-order valence-electron chi connectivity index (χ4n) is 1.28. The monoisotopic (exact) mass is 258 g/mol. The van der Waals surface area contributed by atoms with Crippen LogP contribution in [-0.2, 0) is 0 Å². The van der Waals surface area contributed by atoms with E-state index in [-0.39, 0.29) is 15.8 Å². The summed E-state index contributed by atoms with van der Waals surface area (Å²) in [6, 6.07) is 5.69. The Morgan fingerprint density at radius 1 is 1.12 bits per heavy atom. The molecular formula is C11H5Cl2FO2. The maximum atomic E-state index is 13.0. The summed E-state index contributed by atoms with van der Waals surface area (Å²) in [6.45, 7) is 0. The topological polar surface area (TPSA) is 30.2 Å². The Morgan fingerprint density at radius 2 is 1.88 bits per heavy atom. The second kappa shape index (κ2) is 4.28. The summed E-state index contributed by atoms with van der Waals surface area (Å²) in [7, 11) is 0. The number of furan rings is 1. The molecule has 0 unspecified atom stereocenters. The number of halogens is 3. The van der Waals surface area contributed by atoms with Crippen LogP contribution in [-0.4, -0.2) is 6.29 Å². The van der Waals surface area contributed by atoms with Gasteiger partial charge in [0.15, 0.2) is 12.0 Å². The molecule has 2 aromatic rings. The largest absolute Gasteiger partial charge is 0.453 e. The van der Waals surface area contributed by atoms with Crippen LogP contribution in [0.25, 0.3) is 11.3 Å². The first kappa shape index (κ1) is 11.2. The maximum absolute atomic E-state index is 13.0. The van der Waals surface area contributed by atoms with Crippen molar-refractivity contribution in [3.63, 3.8) is 0 Å². The van der Waals surface area contributed by atoms with E-state index in [0.29, 0.717) is 17.6 Å². The highest BCUT2D eigenvalue weighted by atomic mass is 35.5. The smallest absolute Gasteiger partial charge is 0.185 e. The van der Waals surface area contributed by atoms with Gasteiger partial charge in [0.05, 0.1) is 10.0 Å². The summed E-state index contributed by atoms with van der Waals surface area (Å²) in [4.78, 5) is 10.4. The van der Waals surface area contributed by atoms with Gasteiger partial charge in [-0.15, -0.1) is 0 Å². The van der Waals surface area contributed by atoms with E-state index < -0.39 is 5.82 Å². The first-order valence-corrected chi connectivity index (χ1v) is 5.08. The highest BCUT2D eigenvalue weighted by Crippen LogP contribution is 2.35. The minimum atomic E-state index is -0.599. The molecule has 0 spiro atoms. The second-order valence-corrected chi connectivity index (χ2v) is 3.80. The zero-order chi connectivity index (χ0) is 11.7. The number of carbonyl (C=O) groups is 1. The third-order valence-electron chi connectivity index (χ3n) is 2.04. The van der Waals surface area contributed by atoms with Crippen LogP contribution in [0.5, 0.6) is 0 Å². The van der Waals surface area contributed by atoms with E-state index >= 15 is 0 Å². The van der Waals surface area contributed by atoms with E-state index in [9.17, 15) is 9.18 Å². The number of carbonyl (C=O) groups excluding carboxylic acids is 1. The van der Waals surface area contributed by atoms with E-state index in [0.717, 1.165) is 0 Å². The zero-order valence-corrected chi connectivity index (χ0v) is 9.35. The Hall–Kier alpha value is -1.32. The molecule has 0 bridgehead atoms. The standard InChI is InChI=1S/C11H5Cl2FO2/c12-10-7(2-3-8(14)11(10)13)9-4-1-6(5-15)16-9/h1-5H. The lowest BCUT2D eigenvalue weighted by Gasteiger charge is -2.03. The SMILES string of the molecule is O=Cc1ccc(-c2ccc(F)c(Cl)c2Cl)o1. The third kappa shape index (κ3) is 1.84. The Bertz CT molecular complexity index is 549. The molecule has 1 heterocycles. The van der Waals surface area contributed by atoms with Gasteiger partial charge in [0.1, 0.15) is 11.6 Å². The third-order valence-corrected chi connectivity index (χ3v) is 2.90. The van der Waals surface area contributed by atoms with Crippen molar-refractivity contribution in [1.82, 2.24) is 0 Å². The molecule has 2 rings (SSSR count). The number of hydrogen-bond donors (Lipinski definition) is 0. The predicted octanol–water partition coefficient (Wildman–Crippen LogP) is 4.21. The van der Waals surface area contributed by atoms with Gasteiger partial charge in [-0.1, -0.05) is 23.2 Å². The van der Waals surface area contributed by atoms with Crippen LogP contribution in [0, 0.1) is 5.82 Å². The van der Waals surface area contributed by atoms with Gasteiger partial charge in [0, 0.05) is 5.56 Å². The molecular weight excluding hydrogens is 254 g/mol. The number of rotatable bonds is 2.